The fraction of sp³-hybridized carbons (Fsp3) is 0. The van der Waals surface area contributed by atoms with Crippen LogP contribution in [0.2, 0.25) is 0 Å². The highest BCUT2D eigenvalue weighted by Gasteiger charge is 2.01. The summed E-state index contributed by atoms with van der Waals surface area (Å²) in [6.07, 6.45) is 3.46. The van der Waals surface area contributed by atoms with Crippen molar-refractivity contribution >= 4 is 22.8 Å². The van der Waals surface area contributed by atoms with Crippen LogP contribution in [-0.4, -0.2) is 10.2 Å². The molecule has 0 unspecified atom stereocenters. The lowest BCUT2D eigenvalue weighted by atomic mass is 10.2. The second-order valence-electron chi connectivity index (χ2n) is 2.58. The molecule has 1 heterocycles. The maximum Gasteiger partial charge on any atom is 0.0721 e. The molecule has 5 heteroatoms. The van der Waals surface area contributed by atoms with E-state index in [2.05, 4.69) is 14.4 Å². The Morgan fingerprint density at radius 1 is 1.29 bits per heavy atom. The van der Waals surface area contributed by atoms with Crippen molar-refractivity contribution in [1.29, 1.82) is 0 Å². The number of nitrogens with zero attached hydrogens (tertiary/aromatic N) is 1. The van der Waals surface area contributed by atoms with Crippen molar-refractivity contribution in [2.24, 2.45) is 0 Å². The lowest BCUT2D eigenvalue weighted by Gasteiger charge is -2.02. The summed E-state index contributed by atoms with van der Waals surface area (Å²) in [4.78, 5) is 4.86. The van der Waals surface area contributed by atoms with Crippen molar-refractivity contribution in [2.75, 3.05) is 0 Å². The van der Waals surface area contributed by atoms with Crippen molar-refractivity contribution in [1.82, 2.24) is 4.98 Å². The molecule has 0 aliphatic rings. The van der Waals surface area contributed by atoms with E-state index in [9.17, 15) is 0 Å². The average Bonchev–Trinajstić information content (AvgIpc) is 2.26. The Hall–Kier alpha value is -1.14. The van der Waals surface area contributed by atoms with E-state index >= 15 is 0 Å². The second kappa shape index (κ2) is 4.39. The van der Waals surface area contributed by atoms with Crippen molar-refractivity contribution in [3.8, 4) is 0 Å². The predicted molar refractivity (Wildman–Crippen MR) is 52.4 cm³/mol. The number of aromatic nitrogens is 1. The third-order valence-corrected chi connectivity index (χ3v) is 2.46. The maximum atomic E-state index is 8.04. The minimum atomic E-state index is 0.860. The maximum absolute atomic E-state index is 8.04. The zero-order valence-corrected chi connectivity index (χ0v) is 7.90. The standard InChI is InChI=1S/C9H7NO3S/c11-12-13-14-9-3-1-2-7-6-10-5-4-8(7)9/h1-6,11H. The highest BCUT2D eigenvalue weighted by molar-refractivity contribution is 7.94. The second-order valence-corrected chi connectivity index (χ2v) is 3.32. The van der Waals surface area contributed by atoms with E-state index < -0.39 is 0 Å². The van der Waals surface area contributed by atoms with Gasteiger partial charge >= 0.3 is 0 Å². The third kappa shape index (κ3) is 1.85. The molecule has 0 bridgehead atoms. The first-order valence-electron chi connectivity index (χ1n) is 3.89. The minimum absolute atomic E-state index is 0.860. The van der Waals surface area contributed by atoms with Crippen LogP contribution in [-0.2, 0) is 9.37 Å². The van der Waals surface area contributed by atoms with Crippen LogP contribution in [0, 0.1) is 0 Å². The molecule has 0 aliphatic heterocycles. The Labute approximate surface area is 84.5 Å². The van der Waals surface area contributed by atoms with Gasteiger partial charge < -0.3 is 0 Å². The molecule has 1 N–H and O–H groups in total. The van der Waals surface area contributed by atoms with Crippen molar-refractivity contribution in [3.63, 3.8) is 0 Å². The zero-order valence-electron chi connectivity index (χ0n) is 7.08. The van der Waals surface area contributed by atoms with E-state index in [-0.39, 0.29) is 0 Å². The molecule has 0 aliphatic carbocycles. The summed E-state index contributed by atoms with van der Waals surface area (Å²) in [5, 5.41) is 13.6. The predicted octanol–water partition coefficient (Wildman–Crippen LogP) is 2.66. The van der Waals surface area contributed by atoms with Crippen LogP contribution in [0.3, 0.4) is 0 Å². The van der Waals surface area contributed by atoms with E-state index in [0.717, 1.165) is 27.7 Å². The zero-order chi connectivity index (χ0) is 9.80. The molecule has 14 heavy (non-hydrogen) atoms. The van der Waals surface area contributed by atoms with E-state index in [0.29, 0.717) is 0 Å². The molecule has 0 amide bonds. The lowest BCUT2D eigenvalue weighted by molar-refractivity contribution is -0.432. The average molecular weight is 209 g/mol. The first kappa shape index (κ1) is 9.42. The lowest BCUT2D eigenvalue weighted by Crippen LogP contribution is -1.81. The summed E-state index contributed by atoms with van der Waals surface area (Å²) in [6, 6.07) is 7.57. The van der Waals surface area contributed by atoms with Crippen LogP contribution >= 0.6 is 12.0 Å². The van der Waals surface area contributed by atoms with Gasteiger partial charge in [0.1, 0.15) is 0 Å². The molecule has 0 atom stereocenters. The molecule has 2 rings (SSSR count). The summed E-state index contributed by atoms with van der Waals surface area (Å²) in [7, 11) is 0. The summed E-state index contributed by atoms with van der Waals surface area (Å²) in [6.45, 7) is 0. The first-order chi connectivity index (χ1) is 6.92. The van der Waals surface area contributed by atoms with Crippen LogP contribution in [0.15, 0.2) is 41.6 Å². The minimum Gasteiger partial charge on any atom is -0.264 e. The van der Waals surface area contributed by atoms with Gasteiger partial charge in [0, 0.05) is 28.1 Å². The Morgan fingerprint density at radius 3 is 3.07 bits per heavy atom. The Kier molecular flexibility index (Phi) is 2.95. The number of hydrogen-bond acceptors (Lipinski definition) is 5. The van der Waals surface area contributed by atoms with Gasteiger partial charge in [0.2, 0.25) is 0 Å². The van der Waals surface area contributed by atoms with E-state index in [4.69, 9.17) is 5.26 Å². The van der Waals surface area contributed by atoms with Crippen LogP contribution in [0.5, 0.6) is 0 Å². The van der Waals surface area contributed by atoms with Gasteiger partial charge in [-0.3, -0.25) is 4.98 Å². The first-order valence-corrected chi connectivity index (χ1v) is 4.63. The van der Waals surface area contributed by atoms with Gasteiger partial charge in [-0.05, 0) is 12.1 Å². The molecule has 1 aromatic heterocycles. The van der Waals surface area contributed by atoms with Gasteiger partial charge in [-0.15, -0.1) is 4.33 Å². The Balaban J connectivity index is 2.43. The summed E-state index contributed by atoms with van der Waals surface area (Å²) in [5.74, 6) is 0. The third-order valence-electron chi connectivity index (χ3n) is 1.79. The smallest absolute Gasteiger partial charge is 0.0721 e. The van der Waals surface area contributed by atoms with Gasteiger partial charge in [-0.25, -0.2) is 5.26 Å². The molecule has 72 valence electrons. The number of hydrogen-bond donors (Lipinski definition) is 1. The highest BCUT2D eigenvalue weighted by atomic mass is 32.2. The summed E-state index contributed by atoms with van der Waals surface area (Å²) in [5.41, 5.74) is 0. The van der Waals surface area contributed by atoms with Gasteiger partial charge in [0.05, 0.1) is 12.0 Å². The fourth-order valence-corrected chi connectivity index (χ4v) is 1.73. The van der Waals surface area contributed by atoms with Crippen LogP contribution < -0.4 is 0 Å². The van der Waals surface area contributed by atoms with Gasteiger partial charge in [-0.2, -0.15) is 0 Å². The summed E-state index contributed by atoms with van der Waals surface area (Å²) >= 11 is 0.950. The van der Waals surface area contributed by atoms with E-state index in [1.807, 2.05) is 24.3 Å². The highest BCUT2D eigenvalue weighted by Crippen LogP contribution is 2.27. The van der Waals surface area contributed by atoms with Crippen LogP contribution in [0.4, 0.5) is 0 Å². The topological polar surface area (TPSA) is 51.6 Å². The molecule has 1 aromatic carbocycles. The molecule has 0 fully saturated rings. The normalized spacial score (nSPS) is 10.6. The van der Waals surface area contributed by atoms with E-state index in [1.165, 1.54) is 0 Å². The summed E-state index contributed by atoms with van der Waals surface area (Å²) < 4.78 is 4.38. The molecular formula is C9H7NO3S. The quantitative estimate of drug-likeness (QED) is 0.478. The Morgan fingerprint density at radius 2 is 2.21 bits per heavy atom. The molecule has 0 spiro atoms. The molecule has 0 saturated heterocycles. The molecular weight excluding hydrogens is 202 g/mol. The number of rotatable bonds is 3. The number of pyridine rings is 1. The van der Waals surface area contributed by atoms with E-state index in [1.54, 1.807) is 12.4 Å². The largest absolute Gasteiger partial charge is 0.264 e. The van der Waals surface area contributed by atoms with Crippen molar-refractivity contribution < 1.29 is 14.6 Å². The number of fused-ring (bicyclic) bond motifs is 1. The van der Waals surface area contributed by atoms with Crippen molar-refractivity contribution in [2.45, 2.75) is 4.90 Å². The fourth-order valence-electron chi connectivity index (χ4n) is 1.22. The van der Waals surface area contributed by atoms with Crippen molar-refractivity contribution in [3.05, 3.63) is 36.7 Å². The van der Waals surface area contributed by atoms with Crippen LogP contribution in [0.1, 0.15) is 0 Å². The Bertz CT molecular complexity index is 430. The van der Waals surface area contributed by atoms with Gasteiger partial charge in [-0.1, -0.05) is 17.2 Å². The number of benzene rings is 1. The molecule has 0 saturated carbocycles. The molecule has 4 nitrogen and oxygen atoms in total. The molecule has 2 aromatic rings. The monoisotopic (exact) mass is 209 g/mol. The SMILES string of the molecule is OOOSc1cccc2cnccc12. The van der Waals surface area contributed by atoms with Gasteiger partial charge in [0.15, 0.2) is 0 Å². The van der Waals surface area contributed by atoms with Gasteiger partial charge in [0.25, 0.3) is 0 Å². The van der Waals surface area contributed by atoms with Crippen LogP contribution in [0.25, 0.3) is 10.8 Å². The molecule has 0 radical (unpaired) electrons.